The topological polar surface area (TPSA) is 96.9 Å². The summed E-state index contributed by atoms with van der Waals surface area (Å²) >= 11 is 5.97. The number of methoxy groups -OCH3 is 1. The van der Waals surface area contributed by atoms with Gasteiger partial charge in [0.2, 0.25) is 0 Å². The number of nitrogens with two attached hydrogens (primary N) is 1. The zero-order valence-corrected chi connectivity index (χ0v) is 10.7. The normalized spacial score (nSPS) is 13.2. The third-order valence-electron chi connectivity index (χ3n) is 2.35. The highest BCUT2D eigenvalue weighted by Gasteiger charge is 2.13. The van der Waals surface area contributed by atoms with Gasteiger partial charge in [-0.2, -0.15) is 0 Å². The monoisotopic (exact) mass is 271 g/mol. The lowest BCUT2D eigenvalue weighted by Gasteiger charge is -2.12. The molecule has 18 heavy (non-hydrogen) atoms. The molecule has 1 aromatic carbocycles. The number of carbonyl (C=O) groups excluding carboxylic acids is 1. The highest BCUT2D eigenvalue weighted by atomic mass is 35.5. The zero-order valence-electron chi connectivity index (χ0n) is 9.98. The van der Waals surface area contributed by atoms with Crippen LogP contribution in [-0.2, 0) is 9.53 Å². The number of rotatable bonds is 4. The van der Waals surface area contributed by atoms with Crippen molar-refractivity contribution in [3.05, 3.63) is 28.8 Å². The minimum absolute atomic E-state index is 0.0555. The van der Waals surface area contributed by atoms with Crippen molar-refractivity contribution in [2.24, 2.45) is 10.9 Å². The highest BCUT2D eigenvalue weighted by Crippen LogP contribution is 2.23. The third kappa shape index (κ3) is 3.35. The zero-order chi connectivity index (χ0) is 13.7. The van der Waals surface area contributed by atoms with Crippen LogP contribution in [0.1, 0.15) is 12.5 Å². The van der Waals surface area contributed by atoms with Gasteiger partial charge in [0.15, 0.2) is 5.84 Å². The molecule has 0 aliphatic rings. The Morgan fingerprint density at radius 1 is 1.61 bits per heavy atom. The van der Waals surface area contributed by atoms with Crippen LogP contribution in [0.15, 0.2) is 23.4 Å². The van der Waals surface area contributed by atoms with Gasteiger partial charge in [-0.25, -0.2) is 0 Å². The average molecular weight is 272 g/mol. The molecule has 0 aromatic heterocycles. The van der Waals surface area contributed by atoms with E-state index in [1.807, 2.05) is 0 Å². The molecule has 98 valence electrons. The van der Waals surface area contributed by atoms with Gasteiger partial charge in [0.1, 0.15) is 6.10 Å². The number of nitrogens with zero attached hydrogens (tertiary/aromatic N) is 1. The molecule has 4 N–H and O–H groups in total. The van der Waals surface area contributed by atoms with E-state index < -0.39 is 6.10 Å². The molecular formula is C11H14ClN3O3. The lowest BCUT2D eigenvalue weighted by atomic mass is 10.2. The van der Waals surface area contributed by atoms with E-state index in [2.05, 4.69) is 10.5 Å². The number of anilines is 1. The van der Waals surface area contributed by atoms with Gasteiger partial charge in [-0.1, -0.05) is 16.8 Å². The molecule has 7 heteroatoms. The minimum Gasteiger partial charge on any atom is -0.409 e. The summed E-state index contributed by atoms with van der Waals surface area (Å²) in [7, 11) is 1.44. The third-order valence-corrected chi connectivity index (χ3v) is 2.67. The summed E-state index contributed by atoms with van der Waals surface area (Å²) in [5, 5.41) is 14.3. The number of nitrogens with one attached hydrogen (secondary N) is 1. The van der Waals surface area contributed by atoms with Crippen LogP contribution in [0.5, 0.6) is 0 Å². The predicted molar refractivity (Wildman–Crippen MR) is 69.1 cm³/mol. The standard InChI is InChI=1S/C11H14ClN3O3/c1-6(18-2)11(16)14-9-4-3-7(5-8(9)12)10(13)15-17/h3-6,17H,1-2H3,(H2,13,15)(H,14,16). The maximum absolute atomic E-state index is 11.6. The van der Waals surface area contributed by atoms with E-state index in [9.17, 15) is 4.79 Å². The molecule has 0 fully saturated rings. The van der Waals surface area contributed by atoms with Crippen molar-refractivity contribution < 1.29 is 14.7 Å². The van der Waals surface area contributed by atoms with Gasteiger partial charge in [0.25, 0.3) is 5.91 Å². The summed E-state index contributed by atoms with van der Waals surface area (Å²) < 4.78 is 4.88. The second-order valence-electron chi connectivity index (χ2n) is 3.55. The van der Waals surface area contributed by atoms with Crippen molar-refractivity contribution in [1.29, 1.82) is 0 Å². The van der Waals surface area contributed by atoms with Gasteiger partial charge in [-0.05, 0) is 25.1 Å². The molecule has 1 amide bonds. The second-order valence-corrected chi connectivity index (χ2v) is 3.95. The lowest BCUT2D eigenvalue weighted by Crippen LogP contribution is -2.26. The lowest BCUT2D eigenvalue weighted by molar-refractivity contribution is -0.124. The highest BCUT2D eigenvalue weighted by molar-refractivity contribution is 6.34. The quantitative estimate of drug-likeness (QED) is 0.334. The molecule has 1 atom stereocenters. The number of oxime groups is 1. The van der Waals surface area contributed by atoms with Crippen LogP contribution in [0.2, 0.25) is 5.02 Å². The number of hydrogen-bond donors (Lipinski definition) is 3. The number of amidine groups is 1. The molecule has 1 rings (SSSR count). The first-order valence-corrected chi connectivity index (χ1v) is 5.48. The first-order valence-electron chi connectivity index (χ1n) is 5.10. The number of halogens is 1. The van der Waals surface area contributed by atoms with Crippen molar-refractivity contribution in [3.63, 3.8) is 0 Å². The molecule has 0 aliphatic carbocycles. The van der Waals surface area contributed by atoms with Crippen molar-refractivity contribution in [3.8, 4) is 0 Å². The molecule has 0 saturated carbocycles. The average Bonchev–Trinajstić information content (AvgIpc) is 2.38. The van der Waals surface area contributed by atoms with Gasteiger partial charge in [-0.3, -0.25) is 4.79 Å². The number of ether oxygens (including phenoxy) is 1. The second kappa shape index (κ2) is 6.23. The molecule has 6 nitrogen and oxygen atoms in total. The van der Waals surface area contributed by atoms with Crippen LogP contribution in [-0.4, -0.2) is 30.2 Å². The predicted octanol–water partition coefficient (Wildman–Crippen LogP) is 1.41. The van der Waals surface area contributed by atoms with E-state index >= 15 is 0 Å². The van der Waals surface area contributed by atoms with Crippen molar-refractivity contribution in [2.75, 3.05) is 12.4 Å². The van der Waals surface area contributed by atoms with Gasteiger partial charge in [0.05, 0.1) is 10.7 Å². The number of carbonyl (C=O) groups is 1. The van der Waals surface area contributed by atoms with Crippen molar-refractivity contribution >= 4 is 29.0 Å². The van der Waals surface area contributed by atoms with Crippen LogP contribution in [0, 0.1) is 0 Å². The molecule has 0 spiro atoms. The van der Waals surface area contributed by atoms with E-state index in [1.165, 1.54) is 13.2 Å². The number of amides is 1. The Labute approximate surface area is 109 Å². The Kier molecular flexibility index (Phi) is 4.94. The fourth-order valence-electron chi connectivity index (χ4n) is 1.17. The van der Waals surface area contributed by atoms with E-state index in [0.29, 0.717) is 11.3 Å². The molecule has 0 aliphatic heterocycles. The summed E-state index contributed by atoms with van der Waals surface area (Å²) in [5.41, 5.74) is 6.31. The van der Waals surface area contributed by atoms with Crippen molar-refractivity contribution in [1.82, 2.24) is 0 Å². The summed E-state index contributed by atoms with van der Waals surface area (Å²) in [6, 6.07) is 4.63. The Bertz CT molecular complexity index is 477. The minimum atomic E-state index is -0.579. The van der Waals surface area contributed by atoms with Gasteiger partial charge in [0, 0.05) is 12.7 Å². The molecule has 1 aromatic rings. The summed E-state index contributed by atoms with van der Waals surface area (Å²) in [5.74, 6) is -0.365. The van der Waals surface area contributed by atoms with Gasteiger partial charge in [-0.15, -0.1) is 0 Å². The maximum Gasteiger partial charge on any atom is 0.253 e. The Morgan fingerprint density at radius 3 is 2.78 bits per heavy atom. The fraction of sp³-hybridized carbons (Fsp3) is 0.273. The van der Waals surface area contributed by atoms with Gasteiger partial charge >= 0.3 is 0 Å². The van der Waals surface area contributed by atoms with E-state index in [4.69, 9.17) is 27.3 Å². The largest absolute Gasteiger partial charge is 0.409 e. The summed E-state index contributed by atoms with van der Waals surface area (Å²) in [6.07, 6.45) is -0.579. The summed E-state index contributed by atoms with van der Waals surface area (Å²) in [6.45, 7) is 1.62. The maximum atomic E-state index is 11.6. The molecule has 0 saturated heterocycles. The SMILES string of the molecule is COC(C)C(=O)Nc1ccc(/C(N)=N/O)cc1Cl. The fourth-order valence-corrected chi connectivity index (χ4v) is 1.40. The first kappa shape index (κ1) is 14.3. The Hall–Kier alpha value is -1.79. The van der Waals surface area contributed by atoms with Gasteiger partial charge < -0.3 is 21.0 Å². The van der Waals surface area contributed by atoms with Crippen LogP contribution >= 0.6 is 11.6 Å². The van der Waals surface area contributed by atoms with E-state index in [1.54, 1.807) is 19.1 Å². The van der Waals surface area contributed by atoms with E-state index in [0.717, 1.165) is 0 Å². The van der Waals surface area contributed by atoms with Crippen LogP contribution in [0.3, 0.4) is 0 Å². The summed E-state index contributed by atoms with van der Waals surface area (Å²) in [4.78, 5) is 11.6. The Morgan fingerprint density at radius 2 is 2.28 bits per heavy atom. The van der Waals surface area contributed by atoms with E-state index in [-0.39, 0.29) is 16.8 Å². The van der Waals surface area contributed by atoms with Crippen LogP contribution in [0.25, 0.3) is 0 Å². The molecule has 1 unspecified atom stereocenters. The molecule has 0 radical (unpaired) electrons. The van der Waals surface area contributed by atoms with Crippen LogP contribution < -0.4 is 11.1 Å². The smallest absolute Gasteiger partial charge is 0.253 e. The number of hydrogen-bond acceptors (Lipinski definition) is 4. The molecule has 0 bridgehead atoms. The number of benzene rings is 1. The van der Waals surface area contributed by atoms with Crippen molar-refractivity contribution in [2.45, 2.75) is 13.0 Å². The molecular weight excluding hydrogens is 258 g/mol. The first-order chi connectivity index (χ1) is 8.49. The Balaban J connectivity index is 2.90. The molecule has 0 heterocycles. The van der Waals surface area contributed by atoms with Crippen LogP contribution in [0.4, 0.5) is 5.69 Å².